The third kappa shape index (κ3) is 4.94. The lowest BCUT2D eigenvalue weighted by Crippen LogP contribution is -2.50. The maximum Gasteiger partial charge on any atom is 0.409 e. The number of carbonyl (C=O) groups excluding carboxylic acids is 2. The molecule has 0 aliphatic carbocycles. The average molecular weight is 482 g/mol. The first-order valence-electron chi connectivity index (χ1n) is 11.4. The molecule has 7 nitrogen and oxygen atoms in total. The number of aryl methyl sites for hydroxylation is 1. The van der Waals surface area contributed by atoms with E-state index >= 15 is 0 Å². The number of halogens is 1. The van der Waals surface area contributed by atoms with Crippen LogP contribution in [-0.2, 0) is 4.74 Å². The highest BCUT2D eigenvalue weighted by atomic mass is 35.5. The lowest BCUT2D eigenvalue weighted by atomic mass is 10.0. The molecule has 0 spiro atoms. The first-order chi connectivity index (χ1) is 16.4. The van der Waals surface area contributed by atoms with E-state index in [4.69, 9.17) is 26.1 Å². The summed E-state index contributed by atoms with van der Waals surface area (Å²) in [5.41, 5.74) is 3.85. The summed E-state index contributed by atoms with van der Waals surface area (Å²) in [6.07, 6.45) is 0.462. The molecular weight excluding hydrogens is 454 g/mol. The Labute approximate surface area is 204 Å². The molecule has 4 rings (SSSR count). The van der Waals surface area contributed by atoms with E-state index in [2.05, 4.69) is 0 Å². The van der Waals surface area contributed by atoms with Crippen LogP contribution in [-0.4, -0.2) is 66.7 Å². The molecule has 0 unspecified atom stereocenters. The molecule has 0 radical (unpaired) electrons. The summed E-state index contributed by atoms with van der Waals surface area (Å²) in [5, 5.41) is 1.36. The minimum atomic E-state index is -0.320. The Morgan fingerprint density at radius 3 is 2.44 bits per heavy atom. The van der Waals surface area contributed by atoms with Crippen molar-refractivity contribution in [3.63, 3.8) is 0 Å². The largest absolute Gasteiger partial charge is 0.496 e. The third-order valence-corrected chi connectivity index (χ3v) is 6.26. The van der Waals surface area contributed by atoms with Crippen molar-refractivity contribution >= 4 is 34.5 Å². The van der Waals surface area contributed by atoms with Gasteiger partial charge in [-0.05, 0) is 55.3 Å². The number of methoxy groups -OCH3 is 1. The smallest absolute Gasteiger partial charge is 0.409 e. The zero-order chi connectivity index (χ0) is 24.2. The van der Waals surface area contributed by atoms with Gasteiger partial charge < -0.3 is 19.3 Å². The van der Waals surface area contributed by atoms with Crippen LogP contribution in [0.1, 0.15) is 29.3 Å². The normalized spacial score (nSPS) is 13.8. The van der Waals surface area contributed by atoms with Gasteiger partial charge in [-0.1, -0.05) is 24.6 Å². The number of hydrogen-bond acceptors (Lipinski definition) is 5. The molecule has 1 saturated heterocycles. The average Bonchev–Trinajstić information content (AvgIpc) is 2.86. The Balaban J connectivity index is 1.54. The van der Waals surface area contributed by atoms with E-state index in [0.29, 0.717) is 48.9 Å². The Morgan fingerprint density at radius 2 is 1.76 bits per heavy atom. The van der Waals surface area contributed by atoms with E-state index in [1.165, 1.54) is 0 Å². The zero-order valence-corrected chi connectivity index (χ0v) is 20.4. The van der Waals surface area contributed by atoms with E-state index in [-0.39, 0.29) is 12.0 Å². The number of piperazine rings is 1. The molecule has 0 N–H and O–H groups in total. The molecule has 0 bridgehead atoms. The van der Waals surface area contributed by atoms with Crippen LogP contribution < -0.4 is 4.74 Å². The quantitative estimate of drug-likeness (QED) is 0.502. The van der Waals surface area contributed by atoms with Crippen molar-refractivity contribution in [2.75, 3.05) is 39.9 Å². The second-order valence-electron chi connectivity index (χ2n) is 8.30. The molecule has 2 amide bonds. The van der Waals surface area contributed by atoms with Crippen LogP contribution >= 0.6 is 11.6 Å². The second-order valence-corrected chi connectivity index (χ2v) is 8.71. The van der Waals surface area contributed by atoms with Gasteiger partial charge in [-0.2, -0.15) is 0 Å². The lowest BCUT2D eigenvalue weighted by Gasteiger charge is -2.34. The molecule has 0 saturated carbocycles. The van der Waals surface area contributed by atoms with Crippen molar-refractivity contribution in [3.05, 3.63) is 58.6 Å². The van der Waals surface area contributed by atoms with E-state index in [1.807, 2.05) is 44.2 Å². The van der Waals surface area contributed by atoms with Gasteiger partial charge in [0.25, 0.3) is 5.91 Å². The van der Waals surface area contributed by atoms with Crippen LogP contribution in [0.25, 0.3) is 22.2 Å². The minimum absolute atomic E-state index is 0.0907. The number of hydrogen-bond donors (Lipinski definition) is 0. The van der Waals surface area contributed by atoms with Gasteiger partial charge in [0.1, 0.15) is 5.75 Å². The molecular formula is C26H28ClN3O4. The Kier molecular flexibility index (Phi) is 7.22. The highest BCUT2D eigenvalue weighted by Crippen LogP contribution is 2.31. The fourth-order valence-corrected chi connectivity index (χ4v) is 4.32. The van der Waals surface area contributed by atoms with E-state index in [9.17, 15) is 9.59 Å². The van der Waals surface area contributed by atoms with Crippen molar-refractivity contribution in [3.8, 4) is 17.0 Å². The van der Waals surface area contributed by atoms with E-state index in [0.717, 1.165) is 34.4 Å². The molecule has 34 heavy (non-hydrogen) atoms. The number of carbonyl (C=O) groups is 2. The van der Waals surface area contributed by atoms with Gasteiger partial charge in [-0.3, -0.25) is 4.79 Å². The second kappa shape index (κ2) is 10.3. The Hall–Kier alpha value is -3.32. The summed E-state index contributed by atoms with van der Waals surface area (Å²) >= 11 is 6.56. The van der Waals surface area contributed by atoms with Crippen LogP contribution in [0.4, 0.5) is 4.79 Å². The van der Waals surface area contributed by atoms with Crippen molar-refractivity contribution in [2.24, 2.45) is 0 Å². The molecule has 1 aromatic heterocycles. The summed E-state index contributed by atoms with van der Waals surface area (Å²) in [6.45, 7) is 6.15. The third-order valence-electron chi connectivity index (χ3n) is 5.95. The number of aromatic nitrogens is 1. The molecule has 3 aromatic rings. The van der Waals surface area contributed by atoms with Gasteiger partial charge >= 0.3 is 6.09 Å². The van der Waals surface area contributed by atoms with Gasteiger partial charge in [0, 0.05) is 42.7 Å². The standard InChI is InChI=1S/C26H28ClN3O4/c1-4-13-34-26(32)30-11-9-29(10-12-30)25(31)19-5-7-20-21(27)16-22(28-23(20)15-19)18-6-8-24(33-3)17(2)14-18/h5-8,14-16H,4,9-13H2,1-3H3. The highest BCUT2D eigenvalue weighted by Gasteiger charge is 2.26. The summed E-state index contributed by atoms with van der Waals surface area (Å²) in [4.78, 5) is 33.4. The van der Waals surface area contributed by atoms with Gasteiger partial charge in [0.2, 0.25) is 0 Å². The molecule has 2 aromatic carbocycles. The van der Waals surface area contributed by atoms with Crippen LogP contribution in [0.5, 0.6) is 5.75 Å². The van der Waals surface area contributed by atoms with Crippen molar-refractivity contribution < 1.29 is 19.1 Å². The van der Waals surface area contributed by atoms with Gasteiger partial charge in [-0.25, -0.2) is 9.78 Å². The fourth-order valence-electron chi connectivity index (χ4n) is 4.06. The first kappa shape index (κ1) is 23.8. The lowest BCUT2D eigenvalue weighted by molar-refractivity contribution is 0.0560. The monoisotopic (exact) mass is 481 g/mol. The summed E-state index contributed by atoms with van der Waals surface area (Å²) in [6, 6.07) is 13.1. The van der Waals surface area contributed by atoms with Crippen LogP contribution in [0.2, 0.25) is 5.02 Å². The van der Waals surface area contributed by atoms with Crippen molar-refractivity contribution in [1.82, 2.24) is 14.8 Å². The summed E-state index contributed by atoms with van der Waals surface area (Å²) < 4.78 is 10.5. The number of amides is 2. The van der Waals surface area contributed by atoms with E-state index in [1.54, 1.807) is 29.0 Å². The summed E-state index contributed by atoms with van der Waals surface area (Å²) in [7, 11) is 1.64. The van der Waals surface area contributed by atoms with Gasteiger partial charge in [-0.15, -0.1) is 0 Å². The predicted molar refractivity (Wildman–Crippen MR) is 133 cm³/mol. The fraction of sp³-hybridized carbons (Fsp3) is 0.346. The maximum atomic E-state index is 13.2. The van der Waals surface area contributed by atoms with Crippen LogP contribution in [0.15, 0.2) is 42.5 Å². The van der Waals surface area contributed by atoms with Gasteiger partial charge in [0.05, 0.1) is 29.9 Å². The Morgan fingerprint density at radius 1 is 1.03 bits per heavy atom. The molecule has 2 heterocycles. The minimum Gasteiger partial charge on any atom is -0.496 e. The summed E-state index contributed by atoms with van der Waals surface area (Å²) in [5.74, 6) is 0.717. The zero-order valence-electron chi connectivity index (χ0n) is 19.6. The number of pyridine rings is 1. The molecule has 8 heteroatoms. The number of benzene rings is 2. The van der Waals surface area contributed by atoms with Crippen LogP contribution in [0, 0.1) is 6.92 Å². The number of ether oxygens (including phenoxy) is 2. The first-order valence-corrected chi connectivity index (χ1v) is 11.8. The highest BCUT2D eigenvalue weighted by molar-refractivity contribution is 6.35. The van der Waals surface area contributed by atoms with Crippen molar-refractivity contribution in [2.45, 2.75) is 20.3 Å². The topological polar surface area (TPSA) is 72.0 Å². The molecule has 1 aliphatic heterocycles. The van der Waals surface area contributed by atoms with Crippen LogP contribution in [0.3, 0.4) is 0 Å². The molecule has 178 valence electrons. The predicted octanol–water partition coefficient (Wildman–Crippen LogP) is 5.18. The molecule has 1 fully saturated rings. The SMILES string of the molecule is CCCOC(=O)N1CCN(C(=O)c2ccc3c(Cl)cc(-c4ccc(OC)c(C)c4)nc3c2)CC1. The number of rotatable bonds is 5. The van der Waals surface area contributed by atoms with Gasteiger partial charge in [0.15, 0.2) is 0 Å². The van der Waals surface area contributed by atoms with E-state index < -0.39 is 0 Å². The maximum absolute atomic E-state index is 13.2. The molecule has 0 atom stereocenters. The number of fused-ring (bicyclic) bond motifs is 1. The van der Waals surface area contributed by atoms with Crippen molar-refractivity contribution in [1.29, 1.82) is 0 Å². The number of nitrogens with zero attached hydrogens (tertiary/aromatic N) is 3. The Bertz CT molecular complexity index is 1220. The molecule has 1 aliphatic rings.